The molecule has 3 heterocycles. The molecule has 0 saturated carbocycles. The van der Waals surface area contributed by atoms with E-state index in [1.54, 1.807) is 0 Å². The van der Waals surface area contributed by atoms with Gasteiger partial charge in [0.05, 0.1) is 33.1 Å². The number of hydrogen-bond acceptors (Lipinski definition) is 1. The van der Waals surface area contributed by atoms with Crippen molar-refractivity contribution in [3.63, 3.8) is 0 Å². The highest BCUT2D eigenvalue weighted by atomic mass is 16.3. The molecule has 0 saturated heterocycles. The van der Waals surface area contributed by atoms with E-state index in [-0.39, 0.29) is 0 Å². The molecule has 3 heteroatoms. The van der Waals surface area contributed by atoms with Gasteiger partial charge in [-0.15, -0.1) is 0 Å². The van der Waals surface area contributed by atoms with Crippen LogP contribution in [0.1, 0.15) is 0 Å². The van der Waals surface area contributed by atoms with Crippen molar-refractivity contribution in [2.24, 2.45) is 0 Å². The third-order valence-electron chi connectivity index (χ3n) is 11.5. The van der Waals surface area contributed by atoms with E-state index >= 15 is 0 Å². The Morgan fingerprint density at radius 2 is 0.891 bits per heavy atom. The fourth-order valence-corrected chi connectivity index (χ4v) is 9.02. The van der Waals surface area contributed by atoms with Crippen LogP contribution in [-0.2, 0) is 0 Å². The van der Waals surface area contributed by atoms with Crippen molar-refractivity contribution >= 4 is 76.3 Å². The molecule has 9 aromatic carbocycles. The van der Waals surface area contributed by atoms with Crippen LogP contribution in [0.25, 0.3) is 110 Å². The van der Waals surface area contributed by atoms with Crippen LogP contribution in [0.4, 0.5) is 0 Å². The van der Waals surface area contributed by atoms with Gasteiger partial charge in [-0.25, -0.2) is 0 Å². The van der Waals surface area contributed by atoms with E-state index in [4.69, 9.17) is 4.42 Å². The molecule has 0 aliphatic heterocycles. The minimum atomic E-state index is 0.891. The summed E-state index contributed by atoms with van der Waals surface area (Å²) in [4.78, 5) is 0. The van der Waals surface area contributed by atoms with Crippen LogP contribution in [0.2, 0.25) is 0 Å². The van der Waals surface area contributed by atoms with Crippen molar-refractivity contribution in [3.05, 3.63) is 194 Å². The minimum Gasteiger partial charge on any atom is -0.456 e. The molecule has 3 aromatic heterocycles. The Hall–Kier alpha value is -7.36. The van der Waals surface area contributed by atoms with E-state index in [1.165, 1.54) is 65.6 Å². The topological polar surface area (TPSA) is 23.0 Å². The Labute approximate surface area is 316 Å². The van der Waals surface area contributed by atoms with E-state index in [0.29, 0.717) is 0 Å². The van der Waals surface area contributed by atoms with Gasteiger partial charge in [0.25, 0.3) is 0 Å². The van der Waals surface area contributed by atoms with Gasteiger partial charge >= 0.3 is 0 Å². The molecular formula is C52H32N2O. The van der Waals surface area contributed by atoms with Crippen LogP contribution in [-0.4, -0.2) is 9.13 Å². The fraction of sp³-hybridized carbons (Fsp3) is 0. The second-order valence-corrected chi connectivity index (χ2v) is 14.5. The van der Waals surface area contributed by atoms with Crippen LogP contribution >= 0.6 is 0 Å². The van der Waals surface area contributed by atoms with Gasteiger partial charge < -0.3 is 13.6 Å². The van der Waals surface area contributed by atoms with Crippen LogP contribution in [0.5, 0.6) is 0 Å². The maximum atomic E-state index is 6.37. The highest BCUT2D eigenvalue weighted by Crippen LogP contribution is 2.42. The molecule has 0 amide bonds. The molecule has 12 rings (SSSR count). The maximum absolute atomic E-state index is 6.37. The summed E-state index contributed by atoms with van der Waals surface area (Å²) in [5.74, 6) is 0. The maximum Gasteiger partial charge on any atom is 0.137 e. The van der Waals surface area contributed by atoms with Gasteiger partial charge in [0, 0.05) is 38.0 Å². The van der Waals surface area contributed by atoms with Gasteiger partial charge in [0.2, 0.25) is 0 Å². The molecule has 0 aliphatic rings. The Bertz CT molecular complexity index is 3470. The Balaban J connectivity index is 1.12. The largest absolute Gasteiger partial charge is 0.456 e. The quantitative estimate of drug-likeness (QED) is 0.179. The standard InChI is InChI=1S/C52H32N2O/c1-3-12-33(13-4-1)35-23-28-46-43(30-35)44-32-37(25-29-47(44)54(46)48-19-11-21-50-51(48)41-18-9-10-20-49(41)55-50)36-24-27-45-42(31-36)40-26-22-34-14-7-8-17-39(34)52(40)53(45)38-15-5-2-6-16-38/h1-32H. The zero-order valence-corrected chi connectivity index (χ0v) is 29.8. The first kappa shape index (κ1) is 30.1. The molecule has 0 aliphatic carbocycles. The summed E-state index contributed by atoms with van der Waals surface area (Å²) in [6.45, 7) is 0. The Morgan fingerprint density at radius 3 is 1.62 bits per heavy atom. The molecule has 3 nitrogen and oxygen atoms in total. The van der Waals surface area contributed by atoms with Crippen molar-refractivity contribution in [1.82, 2.24) is 9.13 Å². The number of rotatable bonds is 4. The zero-order chi connectivity index (χ0) is 36.0. The first-order valence-corrected chi connectivity index (χ1v) is 18.8. The van der Waals surface area contributed by atoms with E-state index in [2.05, 4.69) is 197 Å². The predicted octanol–water partition coefficient (Wildman–Crippen LogP) is 14.3. The van der Waals surface area contributed by atoms with E-state index in [9.17, 15) is 0 Å². The number of benzene rings is 9. The van der Waals surface area contributed by atoms with Crippen LogP contribution in [0.15, 0.2) is 199 Å². The smallest absolute Gasteiger partial charge is 0.137 e. The highest BCUT2D eigenvalue weighted by Gasteiger charge is 2.20. The summed E-state index contributed by atoms with van der Waals surface area (Å²) in [5, 5.41) is 9.68. The molecule has 0 unspecified atom stereocenters. The average molecular weight is 701 g/mol. The van der Waals surface area contributed by atoms with Crippen molar-refractivity contribution in [3.8, 4) is 33.6 Å². The molecule has 0 spiro atoms. The summed E-state index contributed by atoms with van der Waals surface area (Å²) in [6.07, 6.45) is 0. The van der Waals surface area contributed by atoms with Crippen molar-refractivity contribution in [2.45, 2.75) is 0 Å². The number of hydrogen-bond donors (Lipinski definition) is 0. The Morgan fingerprint density at radius 1 is 0.327 bits per heavy atom. The molecule has 0 atom stereocenters. The molecule has 55 heavy (non-hydrogen) atoms. The third-order valence-corrected chi connectivity index (χ3v) is 11.5. The number of para-hydroxylation sites is 2. The number of aromatic nitrogens is 2. The molecule has 0 bridgehead atoms. The molecule has 0 radical (unpaired) electrons. The van der Waals surface area contributed by atoms with Gasteiger partial charge in [-0.05, 0) is 94.4 Å². The second-order valence-electron chi connectivity index (χ2n) is 14.5. The molecule has 256 valence electrons. The summed E-state index contributed by atoms with van der Waals surface area (Å²) < 4.78 is 11.2. The Kier molecular flexibility index (Phi) is 6.34. The van der Waals surface area contributed by atoms with Gasteiger partial charge in [-0.3, -0.25) is 0 Å². The monoisotopic (exact) mass is 700 g/mol. The molecular weight excluding hydrogens is 669 g/mol. The normalized spacial score (nSPS) is 12.0. The van der Waals surface area contributed by atoms with E-state index in [0.717, 1.165) is 44.3 Å². The lowest BCUT2D eigenvalue weighted by Gasteiger charge is -2.11. The van der Waals surface area contributed by atoms with Gasteiger partial charge in [-0.2, -0.15) is 0 Å². The molecule has 0 fully saturated rings. The lowest BCUT2D eigenvalue weighted by atomic mass is 9.99. The van der Waals surface area contributed by atoms with Crippen molar-refractivity contribution in [1.29, 1.82) is 0 Å². The minimum absolute atomic E-state index is 0.891. The second kappa shape index (κ2) is 11.6. The SMILES string of the molecule is c1ccc(-c2ccc3c(c2)c2cc(-c4ccc5c(c4)c4ccc6ccccc6c4n5-c4ccccc4)ccc2n3-c2cccc3oc4ccccc4c23)cc1. The van der Waals surface area contributed by atoms with Gasteiger partial charge in [-0.1, -0.05) is 127 Å². The number of fused-ring (bicyclic) bond motifs is 11. The van der Waals surface area contributed by atoms with Gasteiger partial charge in [0.1, 0.15) is 11.2 Å². The van der Waals surface area contributed by atoms with E-state index < -0.39 is 0 Å². The van der Waals surface area contributed by atoms with Crippen LogP contribution < -0.4 is 0 Å². The third kappa shape index (κ3) is 4.44. The number of nitrogens with zero attached hydrogens (tertiary/aromatic N) is 2. The zero-order valence-electron chi connectivity index (χ0n) is 29.8. The van der Waals surface area contributed by atoms with Gasteiger partial charge in [0.15, 0.2) is 0 Å². The molecule has 12 aromatic rings. The highest BCUT2D eigenvalue weighted by molar-refractivity contribution is 6.20. The average Bonchev–Trinajstić information content (AvgIpc) is 3.91. The number of furan rings is 1. The summed E-state index contributed by atoms with van der Waals surface area (Å²) in [7, 11) is 0. The summed E-state index contributed by atoms with van der Waals surface area (Å²) in [5.41, 5.74) is 13.6. The molecule has 0 N–H and O–H groups in total. The lowest BCUT2D eigenvalue weighted by Crippen LogP contribution is -1.95. The first-order valence-electron chi connectivity index (χ1n) is 18.8. The van der Waals surface area contributed by atoms with Crippen molar-refractivity contribution in [2.75, 3.05) is 0 Å². The van der Waals surface area contributed by atoms with Crippen LogP contribution in [0, 0.1) is 0 Å². The summed E-state index contributed by atoms with van der Waals surface area (Å²) >= 11 is 0. The van der Waals surface area contributed by atoms with Crippen LogP contribution in [0.3, 0.4) is 0 Å². The summed E-state index contributed by atoms with van der Waals surface area (Å²) in [6, 6.07) is 70.3. The lowest BCUT2D eigenvalue weighted by molar-refractivity contribution is 0.669. The predicted molar refractivity (Wildman–Crippen MR) is 231 cm³/mol. The van der Waals surface area contributed by atoms with Crippen molar-refractivity contribution < 1.29 is 4.42 Å². The first-order chi connectivity index (χ1) is 27.3. The fourth-order valence-electron chi connectivity index (χ4n) is 9.02. The van der Waals surface area contributed by atoms with E-state index in [1.807, 2.05) is 6.07 Å².